The number of oxime groups is 1. The Hall–Kier alpha value is -0.0900. The van der Waals surface area contributed by atoms with Crippen molar-refractivity contribution in [3.8, 4) is 0 Å². The lowest BCUT2D eigenvalue weighted by molar-refractivity contribution is -0.0237. The monoisotopic (exact) mass is 205 g/mol. The Morgan fingerprint density at radius 1 is 1.60 bits per heavy atom. The van der Waals surface area contributed by atoms with Gasteiger partial charge in [0.15, 0.2) is 5.60 Å². The zero-order valence-electron chi connectivity index (χ0n) is 5.47. The third kappa shape index (κ3) is 0.953. The van der Waals surface area contributed by atoms with E-state index in [1.54, 1.807) is 0 Å². The molecule has 2 rings (SSSR count). The van der Waals surface area contributed by atoms with Crippen molar-refractivity contribution >= 4 is 20.6 Å². The van der Waals surface area contributed by atoms with Gasteiger partial charge in [0.1, 0.15) is 4.62 Å². The van der Waals surface area contributed by atoms with Crippen molar-refractivity contribution in [2.45, 2.75) is 18.4 Å². The zero-order valence-corrected chi connectivity index (χ0v) is 7.06. The van der Waals surface area contributed by atoms with Gasteiger partial charge >= 0.3 is 0 Å². The molecule has 10 heavy (non-hydrogen) atoms. The number of hydrogen-bond donors (Lipinski definition) is 0. The maximum atomic E-state index is 5.23. The van der Waals surface area contributed by atoms with Gasteiger partial charge < -0.3 is 9.57 Å². The van der Waals surface area contributed by atoms with Crippen LogP contribution in [0.5, 0.6) is 0 Å². The predicted octanol–water partition coefficient (Wildman–Crippen LogP) is 1.27. The van der Waals surface area contributed by atoms with E-state index in [0.717, 1.165) is 24.1 Å². The quantitative estimate of drug-likeness (QED) is 0.597. The second-order valence-electron chi connectivity index (χ2n) is 2.72. The van der Waals surface area contributed by atoms with E-state index in [1.165, 1.54) is 0 Å². The Bertz CT molecular complexity index is 175. The highest BCUT2D eigenvalue weighted by atomic mass is 79.9. The van der Waals surface area contributed by atoms with Crippen LogP contribution in [0.15, 0.2) is 5.16 Å². The van der Waals surface area contributed by atoms with Crippen molar-refractivity contribution in [2.75, 3.05) is 13.2 Å². The molecule has 1 fully saturated rings. The first-order valence-corrected chi connectivity index (χ1v) is 4.08. The molecule has 0 aromatic carbocycles. The lowest BCUT2D eigenvalue weighted by Gasteiger charge is -2.16. The molecule has 4 heteroatoms. The van der Waals surface area contributed by atoms with Crippen molar-refractivity contribution in [3.05, 3.63) is 0 Å². The van der Waals surface area contributed by atoms with Crippen molar-refractivity contribution in [1.82, 2.24) is 0 Å². The largest absolute Gasteiger partial charge is 0.386 e. The number of rotatable bonds is 0. The lowest BCUT2D eigenvalue weighted by Crippen LogP contribution is -2.28. The third-order valence-electron chi connectivity index (χ3n) is 1.87. The van der Waals surface area contributed by atoms with Crippen molar-refractivity contribution in [2.24, 2.45) is 5.16 Å². The van der Waals surface area contributed by atoms with Crippen molar-refractivity contribution in [1.29, 1.82) is 0 Å². The summed E-state index contributed by atoms with van der Waals surface area (Å²) in [5, 5.41) is 3.82. The van der Waals surface area contributed by atoms with E-state index in [2.05, 4.69) is 21.1 Å². The molecule has 56 valence electrons. The van der Waals surface area contributed by atoms with Crippen molar-refractivity contribution in [3.63, 3.8) is 0 Å². The molecule has 1 unspecified atom stereocenters. The molecule has 0 N–H and O–H groups in total. The smallest absolute Gasteiger partial charge is 0.169 e. The summed E-state index contributed by atoms with van der Waals surface area (Å²) in [6.07, 6.45) is 1.83. The molecule has 0 aromatic rings. The summed E-state index contributed by atoms with van der Waals surface area (Å²) in [5.41, 5.74) is -0.112. The highest BCUT2D eigenvalue weighted by molar-refractivity contribution is 9.18. The minimum atomic E-state index is -0.112. The molecule has 0 saturated carbocycles. The van der Waals surface area contributed by atoms with Gasteiger partial charge in [-0.3, -0.25) is 0 Å². The molecule has 1 atom stereocenters. The summed E-state index contributed by atoms with van der Waals surface area (Å²) < 4.78 is 6.11. The van der Waals surface area contributed by atoms with Gasteiger partial charge in [0.25, 0.3) is 0 Å². The second-order valence-corrected chi connectivity index (χ2v) is 3.64. The first kappa shape index (κ1) is 6.61. The molecule has 0 aromatic heterocycles. The van der Waals surface area contributed by atoms with Crippen LogP contribution in [-0.2, 0) is 9.57 Å². The second kappa shape index (κ2) is 2.20. The zero-order chi connectivity index (χ0) is 7.03. The third-order valence-corrected chi connectivity index (χ3v) is 2.30. The summed E-state index contributed by atoms with van der Waals surface area (Å²) in [6.45, 7) is 1.49. The molecule has 1 saturated heterocycles. The summed E-state index contributed by atoms with van der Waals surface area (Å²) in [7, 11) is 0. The van der Waals surface area contributed by atoms with E-state index in [1.807, 2.05) is 0 Å². The first-order valence-electron chi connectivity index (χ1n) is 3.29. The van der Waals surface area contributed by atoms with Gasteiger partial charge in [0, 0.05) is 12.8 Å². The minimum absolute atomic E-state index is 0.112. The van der Waals surface area contributed by atoms with Crippen LogP contribution in [0.1, 0.15) is 12.8 Å². The topological polar surface area (TPSA) is 30.8 Å². The SMILES string of the molecule is BrC1=NOC2(CCOC2)C1. The van der Waals surface area contributed by atoms with Gasteiger partial charge in [0.05, 0.1) is 13.2 Å². The van der Waals surface area contributed by atoms with Gasteiger partial charge in [-0.2, -0.15) is 0 Å². The number of hydrogen-bond acceptors (Lipinski definition) is 3. The fourth-order valence-corrected chi connectivity index (χ4v) is 1.86. The number of halogens is 1. The predicted molar refractivity (Wildman–Crippen MR) is 40.2 cm³/mol. The number of ether oxygens (including phenoxy) is 1. The molecule has 2 aliphatic rings. The van der Waals surface area contributed by atoms with Gasteiger partial charge in [-0.05, 0) is 15.9 Å². The van der Waals surface area contributed by atoms with Gasteiger partial charge in [0.2, 0.25) is 0 Å². The average Bonchev–Trinajstić information content (AvgIpc) is 2.46. The van der Waals surface area contributed by atoms with Crippen LogP contribution in [-0.4, -0.2) is 23.4 Å². The molecule has 2 heterocycles. The Balaban J connectivity index is 2.07. The fraction of sp³-hybridized carbons (Fsp3) is 0.833. The summed E-state index contributed by atoms with van der Waals surface area (Å²) in [5.74, 6) is 0. The molecule has 2 aliphatic heterocycles. The van der Waals surface area contributed by atoms with E-state index < -0.39 is 0 Å². The Morgan fingerprint density at radius 2 is 2.50 bits per heavy atom. The molecular formula is C6H8BrNO2. The van der Waals surface area contributed by atoms with E-state index in [4.69, 9.17) is 9.57 Å². The first-order chi connectivity index (χ1) is 4.81. The summed E-state index contributed by atoms with van der Waals surface area (Å²) >= 11 is 3.29. The summed E-state index contributed by atoms with van der Waals surface area (Å²) in [4.78, 5) is 5.23. The number of nitrogens with zero attached hydrogens (tertiary/aromatic N) is 1. The van der Waals surface area contributed by atoms with E-state index >= 15 is 0 Å². The lowest BCUT2D eigenvalue weighted by atomic mass is 10.0. The van der Waals surface area contributed by atoms with E-state index in [-0.39, 0.29) is 5.60 Å². The fourth-order valence-electron chi connectivity index (χ4n) is 1.28. The van der Waals surface area contributed by atoms with Gasteiger partial charge in [-0.15, -0.1) is 0 Å². The molecule has 0 aliphatic carbocycles. The van der Waals surface area contributed by atoms with E-state index in [0.29, 0.717) is 6.61 Å². The Morgan fingerprint density at radius 3 is 3.00 bits per heavy atom. The van der Waals surface area contributed by atoms with Crippen LogP contribution in [0.25, 0.3) is 0 Å². The molecule has 1 spiro atoms. The maximum Gasteiger partial charge on any atom is 0.169 e. The highest BCUT2D eigenvalue weighted by Crippen LogP contribution is 2.33. The van der Waals surface area contributed by atoms with Crippen LogP contribution in [0, 0.1) is 0 Å². The van der Waals surface area contributed by atoms with Crippen LogP contribution < -0.4 is 0 Å². The van der Waals surface area contributed by atoms with Crippen LogP contribution in [0.3, 0.4) is 0 Å². The van der Waals surface area contributed by atoms with Gasteiger partial charge in [-0.1, -0.05) is 5.16 Å². The highest BCUT2D eigenvalue weighted by Gasteiger charge is 2.42. The Labute approximate surface area is 67.5 Å². The standard InChI is InChI=1S/C6H8BrNO2/c7-5-3-6(10-8-5)1-2-9-4-6/h1-4H2. The molecule has 0 amide bonds. The van der Waals surface area contributed by atoms with E-state index in [9.17, 15) is 0 Å². The van der Waals surface area contributed by atoms with Crippen molar-refractivity contribution < 1.29 is 9.57 Å². The molecule has 0 bridgehead atoms. The minimum Gasteiger partial charge on any atom is -0.386 e. The summed E-state index contributed by atoms with van der Waals surface area (Å²) in [6, 6.07) is 0. The van der Waals surface area contributed by atoms with Gasteiger partial charge in [-0.25, -0.2) is 0 Å². The van der Waals surface area contributed by atoms with Crippen LogP contribution in [0.2, 0.25) is 0 Å². The van der Waals surface area contributed by atoms with Crippen LogP contribution in [0.4, 0.5) is 0 Å². The molecule has 0 radical (unpaired) electrons. The average molecular weight is 206 g/mol. The Kier molecular flexibility index (Phi) is 1.46. The molecular weight excluding hydrogens is 198 g/mol. The molecule has 3 nitrogen and oxygen atoms in total. The maximum absolute atomic E-state index is 5.23. The normalized spacial score (nSPS) is 38.3. The van der Waals surface area contributed by atoms with Crippen LogP contribution >= 0.6 is 15.9 Å².